The maximum absolute atomic E-state index is 11.0. The highest BCUT2D eigenvalue weighted by Crippen LogP contribution is 2.40. The number of nitrogens with zero attached hydrogens (tertiary/aromatic N) is 1. The van der Waals surface area contributed by atoms with Gasteiger partial charge in [0.2, 0.25) is 0 Å². The summed E-state index contributed by atoms with van der Waals surface area (Å²) in [6, 6.07) is 15.7. The molecule has 258 valence electrons. The Kier molecular flexibility index (Phi) is 11.1. The molecule has 0 aliphatic carbocycles. The van der Waals surface area contributed by atoms with Crippen molar-refractivity contribution in [2.45, 2.75) is 162 Å². The van der Waals surface area contributed by atoms with Gasteiger partial charge in [0.05, 0.1) is 28.0 Å². The molecule has 0 radical (unpaired) electrons. The van der Waals surface area contributed by atoms with Crippen LogP contribution in [0.4, 0.5) is 0 Å². The Bertz CT molecular complexity index is 1600. The monoisotopic (exact) mass is 651 g/mol. The lowest BCUT2D eigenvalue weighted by molar-refractivity contribution is 0.00578. The number of fused-ring (bicyclic) bond motifs is 3. The molecule has 5 rings (SSSR count). The first-order chi connectivity index (χ1) is 22.6. The fraction of sp³-hybridized carbons (Fsp3) is 0.634. The van der Waals surface area contributed by atoms with E-state index >= 15 is 0 Å². The van der Waals surface area contributed by atoms with E-state index in [4.69, 9.17) is 18.6 Å². The average molecular weight is 652 g/mol. The van der Waals surface area contributed by atoms with Crippen LogP contribution in [-0.2, 0) is 25.0 Å². The maximum Gasteiger partial charge on any atom is 0.494 e. The lowest BCUT2D eigenvalue weighted by Gasteiger charge is -2.32. The summed E-state index contributed by atoms with van der Waals surface area (Å²) in [4.78, 5) is 0. The summed E-state index contributed by atoms with van der Waals surface area (Å²) in [6.07, 6.45) is 13.3. The lowest BCUT2D eigenvalue weighted by Crippen LogP contribution is -2.41. The predicted molar refractivity (Wildman–Crippen MR) is 202 cm³/mol. The molecule has 48 heavy (non-hydrogen) atoms. The third-order valence-electron chi connectivity index (χ3n) is 11.9. The van der Waals surface area contributed by atoms with Crippen LogP contribution in [0.15, 0.2) is 36.4 Å². The van der Waals surface area contributed by atoms with Crippen LogP contribution in [0.3, 0.4) is 0 Å². The van der Waals surface area contributed by atoms with E-state index < -0.39 is 36.6 Å². The van der Waals surface area contributed by atoms with E-state index in [9.17, 15) is 5.26 Å². The molecule has 3 aromatic rings. The molecule has 0 bridgehead atoms. The fourth-order valence-corrected chi connectivity index (χ4v) is 7.30. The van der Waals surface area contributed by atoms with Gasteiger partial charge in [-0.05, 0) is 100 Å². The highest BCUT2D eigenvalue weighted by Gasteiger charge is 2.53. The van der Waals surface area contributed by atoms with Crippen molar-refractivity contribution in [3.8, 4) is 6.07 Å². The van der Waals surface area contributed by atoms with Crippen LogP contribution < -0.4 is 10.9 Å². The summed E-state index contributed by atoms with van der Waals surface area (Å²) in [5.41, 5.74) is 2.15. The molecule has 0 N–H and O–H groups in total. The molecule has 0 unspecified atom stereocenters. The van der Waals surface area contributed by atoms with Gasteiger partial charge in [0.1, 0.15) is 6.07 Å². The van der Waals surface area contributed by atoms with Crippen molar-refractivity contribution >= 4 is 46.7 Å². The minimum absolute atomic E-state index is 0.428. The third kappa shape index (κ3) is 7.39. The van der Waals surface area contributed by atoms with Crippen LogP contribution in [0, 0.1) is 17.2 Å². The van der Waals surface area contributed by atoms with Crippen molar-refractivity contribution in [3.63, 3.8) is 0 Å². The van der Waals surface area contributed by atoms with Gasteiger partial charge in [-0.2, -0.15) is 5.26 Å². The molecule has 2 aliphatic heterocycles. The number of hydrogen-bond donors (Lipinski definition) is 0. The zero-order valence-electron chi connectivity index (χ0n) is 31.6. The second-order valence-electron chi connectivity index (χ2n) is 16.5. The first-order valence-electron chi connectivity index (χ1n) is 18.8. The van der Waals surface area contributed by atoms with E-state index in [1.807, 2.05) is 0 Å². The first-order valence-corrected chi connectivity index (χ1v) is 18.8. The number of hydrogen-bond acceptors (Lipinski definition) is 5. The summed E-state index contributed by atoms with van der Waals surface area (Å²) >= 11 is 0. The number of rotatable bonds is 14. The second kappa shape index (κ2) is 14.5. The Morgan fingerprint density at radius 1 is 0.583 bits per heavy atom. The van der Waals surface area contributed by atoms with Gasteiger partial charge in [-0.25, -0.2) is 0 Å². The summed E-state index contributed by atoms with van der Waals surface area (Å²) < 4.78 is 25.9. The molecule has 0 spiro atoms. The normalized spacial score (nSPS) is 19.5. The van der Waals surface area contributed by atoms with Gasteiger partial charge in [-0.3, -0.25) is 0 Å². The molecule has 7 heteroatoms. The van der Waals surface area contributed by atoms with Crippen molar-refractivity contribution in [1.29, 1.82) is 5.26 Å². The molecule has 5 nitrogen and oxygen atoms in total. The standard InChI is InChI=1S/C41H59B2NO4/c1-11-13-15-17-19-29(20-18-16-14-12-2)25-34-35-26-30(42-45-38(3,4)39(5,6)46-42)21-23-32(35)33-24-22-31(27-36(33)37(34)28-44)43-47-40(7,8)41(9,10)48-43/h21-24,26-27,29H,11-20,25H2,1-10H3. The molecule has 2 heterocycles. The highest BCUT2D eigenvalue weighted by atomic mass is 16.7. The Morgan fingerprint density at radius 2 is 1.00 bits per heavy atom. The lowest BCUT2D eigenvalue weighted by atomic mass is 9.74. The van der Waals surface area contributed by atoms with Crippen molar-refractivity contribution < 1.29 is 18.6 Å². The number of benzene rings is 3. The smallest absolute Gasteiger partial charge is 0.399 e. The maximum atomic E-state index is 11.0. The molecule has 0 amide bonds. The minimum atomic E-state index is -0.485. The third-order valence-corrected chi connectivity index (χ3v) is 11.9. The molecule has 2 aliphatic rings. The highest BCUT2D eigenvalue weighted by molar-refractivity contribution is 6.63. The van der Waals surface area contributed by atoms with E-state index in [-0.39, 0.29) is 0 Å². The van der Waals surface area contributed by atoms with Gasteiger partial charge < -0.3 is 18.6 Å². The van der Waals surface area contributed by atoms with Crippen molar-refractivity contribution in [3.05, 3.63) is 47.5 Å². The summed E-state index contributed by atoms with van der Waals surface area (Å²) in [5, 5.41) is 15.3. The van der Waals surface area contributed by atoms with Gasteiger partial charge in [0, 0.05) is 5.39 Å². The largest absolute Gasteiger partial charge is 0.494 e. The summed E-state index contributed by atoms with van der Waals surface area (Å²) in [5.74, 6) is 0.526. The molecule has 0 aromatic heterocycles. The van der Waals surface area contributed by atoms with Crippen LogP contribution in [0.5, 0.6) is 0 Å². The van der Waals surface area contributed by atoms with E-state index in [0.29, 0.717) is 5.92 Å². The van der Waals surface area contributed by atoms with E-state index in [1.54, 1.807) is 0 Å². The second-order valence-corrected chi connectivity index (χ2v) is 16.5. The van der Waals surface area contributed by atoms with Crippen LogP contribution in [0.1, 0.15) is 145 Å². The summed E-state index contributed by atoms with van der Waals surface area (Å²) in [7, 11) is -0.946. The molecular formula is C41H59B2NO4. The summed E-state index contributed by atoms with van der Waals surface area (Å²) in [6.45, 7) is 21.3. The Hall–Kier alpha value is -2.36. The minimum Gasteiger partial charge on any atom is -0.399 e. The molecule has 2 saturated heterocycles. The molecule has 2 fully saturated rings. The van der Waals surface area contributed by atoms with Gasteiger partial charge in [0.15, 0.2) is 0 Å². The topological polar surface area (TPSA) is 60.7 Å². The van der Waals surface area contributed by atoms with Crippen LogP contribution in [0.2, 0.25) is 0 Å². The Morgan fingerprint density at radius 3 is 1.42 bits per heavy atom. The Balaban J connectivity index is 1.64. The van der Waals surface area contributed by atoms with Crippen LogP contribution >= 0.6 is 0 Å². The van der Waals surface area contributed by atoms with Crippen LogP contribution in [-0.4, -0.2) is 36.6 Å². The fourth-order valence-electron chi connectivity index (χ4n) is 7.30. The van der Waals surface area contributed by atoms with Crippen LogP contribution in [0.25, 0.3) is 21.5 Å². The average Bonchev–Trinajstić information content (AvgIpc) is 3.39. The van der Waals surface area contributed by atoms with E-state index in [2.05, 4.69) is 112 Å². The van der Waals surface area contributed by atoms with Gasteiger partial charge in [0.25, 0.3) is 0 Å². The molecular weight excluding hydrogens is 592 g/mol. The molecule has 0 saturated carbocycles. The van der Waals surface area contributed by atoms with Gasteiger partial charge >= 0.3 is 14.2 Å². The van der Waals surface area contributed by atoms with Crippen molar-refractivity contribution in [2.24, 2.45) is 5.92 Å². The Labute approximate surface area is 291 Å². The number of nitriles is 1. The predicted octanol–water partition coefficient (Wildman–Crippen LogP) is 9.56. The van der Waals surface area contributed by atoms with E-state index in [1.165, 1.54) is 64.2 Å². The molecule has 0 atom stereocenters. The van der Waals surface area contributed by atoms with Crippen molar-refractivity contribution in [1.82, 2.24) is 0 Å². The number of unbranched alkanes of at least 4 members (excludes halogenated alkanes) is 6. The molecule has 3 aromatic carbocycles. The van der Waals surface area contributed by atoms with Gasteiger partial charge in [-0.15, -0.1) is 0 Å². The van der Waals surface area contributed by atoms with Gasteiger partial charge in [-0.1, -0.05) is 114 Å². The quantitative estimate of drug-likeness (QED) is 0.0988. The first kappa shape index (κ1) is 36.9. The zero-order chi connectivity index (χ0) is 34.9. The van der Waals surface area contributed by atoms with Crippen molar-refractivity contribution in [2.75, 3.05) is 0 Å². The SMILES string of the molecule is CCCCCCC(CCCCCC)Cc1c(C#N)c2cc(B3OC(C)(C)C(C)(C)O3)ccc2c2ccc(B3OC(C)(C)C(C)(C)O3)cc12. The van der Waals surface area contributed by atoms with E-state index in [0.717, 1.165) is 50.0 Å². The zero-order valence-corrected chi connectivity index (χ0v) is 31.6.